The Bertz CT molecular complexity index is 357. The summed E-state index contributed by atoms with van der Waals surface area (Å²) in [5.41, 5.74) is 0. The van der Waals surface area contributed by atoms with Crippen LogP contribution in [-0.4, -0.2) is 40.2 Å². The molecule has 1 saturated heterocycles. The van der Waals surface area contributed by atoms with E-state index in [1.54, 1.807) is 0 Å². The minimum atomic E-state index is -1.64. The molecule has 1 heterocycles. The zero-order valence-electron chi connectivity index (χ0n) is 13.6. The largest absolute Gasteiger partial charge is 0.466 e. The van der Waals surface area contributed by atoms with Gasteiger partial charge < -0.3 is 13.9 Å². The lowest BCUT2D eigenvalue weighted by atomic mass is 10.2. The highest BCUT2D eigenvalue weighted by atomic mass is 28.4. The Morgan fingerprint density at radius 2 is 1.95 bits per heavy atom. The van der Waals surface area contributed by atoms with E-state index in [1.165, 1.54) is 13.2 Å². The van der Waals surface area contributed by atoms with Gasteiger partial charge >= 0.3 is 5.97 Å². The summed E-state index contributed by atoms with van der Waals surface area (Å²) in [5.74, 6) is -0.316. The maximum absolute atomic E-state index is 10.9. The van der Waals surface area contributed by atoms with E-state index in [4.69, 9.17) is 9.16 Å². The Morgan fingerprint density at radius 3 is 2.50 bits per heavy atom. The molecule has 5 heteroatoms. The Balaban J connectivity index is 2.17. The number of hydrogen-bond donors (Lipinski definition) is 0. The zero-order chi connectivity index (χ0) is 15.4. The molecule has 0 unspecified atom stereocenters. The van der Waals surface area contributed by atoms with E-state index in [2.05, 4.69) is 38.6 Å². The van der Waals surface area contributed by atoms with E-state index in [0.29, 0.717) is 0 Å². The Kier molecular flexibility index (Phi) is 5.98. The molecule has 116 valence electrons. The van der Waals surface area contributed by atoms with Gasteiger partial charge in [0.2, 0.25) is 0 Å². The van der Waals surface area contributed by atoms with Crippen LogP contribution in [0.15, 0.2) is 12.2 Å². The van der Waals surface area contributed by atoms with Crippen LogP contribution < -0.4 is 0 Å². The van der Waals surface area contributed by atoms with E-state index >= 15 is 0 Å². The summed E-state index contributed by atoms with van der Waals surface area (Å²) < 4.78 is 16.2. The van der Waals surface area contributed by atoms with Crippen molar-refractivity contribution in [2.75, 3.05) is 13.7 Å². The number of hydrogen-bond acceptors (Lipinski definition) is 4. The van der Waals surface area contributed by atoms with Crippen LogP contribution in [0, 0.1) is 0 Å². The first-order chi connectivity index (χ1) is 9.17. The van der Waals surface area contributed by atoms with Crippen molar-refractivity contribution in [1.29, 1.82) is 0 Å². The van der Waals surface area contributed by atoms with Gasteiger partial charge in [0.15, 0.2) is 8.32 Å². The molecule has 0 aromatic carbocycles. The summed E-state index contributed by atoms with van der Waals surface area (Å²) in [6.07, 6.45) is 5.47. The van der Waals surface area contributed by atoms with Gasteiger partial charge in [-0.05, 0) is 31.0 Å². The molecular weight excluding hydrogens is 272 g/mol. The number of epoxide rings is 1. The number of methoxy groups -OCH3 is 1. The molecule has 0 aliphatic carbocycles. The fraction of sp³-hybridized carbons (Fsp3) is 0.800. The predicted molar refractivity (Wildman–Crippen MR) is 82.2 cm³/mol. The highest BCUT2D eigenvalue weighted by Gasteiger charge is 2.40. The highest BCUT2D eigenvalue weighted by Crippen LogP contribution is 2.37. The molecule has 0 aromatic heterocycles. The third-order valence-electron chi connectivity index (χ3n) is 4.18. The monoisotopic (exact) mass is 300 g/mol. The van der Waals surface area contributed by atoms with Gasteiger partial charge in [-0.2, -0.15) is 0 Å². The van der Waals surface area contributed by atoms with Crippen LogP contribution in [0.5, 0.6) is 0 Å². The molecule has 0 bridgehead atoms. The van der Waals surface area contributed by atoms with Gasteiger partial charge in [0.05, 0.1) is 19.3 Å². The van der Waals surface area contributed by atoms with Crippen molar-refractivity contribution in [3.8, 4) is 0 Å². The van der Waals surface area contributed by atoms with Crippen molar-refractivity contribution in [3.63, 3.8) is 0 Å². The smallest absolute Gasteiger partial charge is 0.330 e. The second-order valence-corrected chi connectivity index (χ2v) is 11.6. The molecule has 0 amide bonds. The van der Waals surface area contributed by atoms with Crippen molar-refractivity contribution in [3.05, 3.63) is 12.2 Å². The fourth-order valence-electron chi connectivity index (χ4n) is 1.65. The number of carbonyl (C=O) groups is 1. The van der Waals surface area contributed by atoms with Gasteiger partial charge in [0.1, 0.15) is 0 Å². The fourth-order valence-corrected chi connectivity index (χ4v) is 2.71. The van der Waals surface area contributed by atoms with Crippen molar-refractivity contribution in [2.24, 2.45) is 0 Å². The van der Waals surface area contributed by atoms with Crippen molar-refractivity contribution >= 4 is 14.3 Å². The molecule has 1 rings (SSSR count). The third kappa shape index (κ3) is 5.38. The lowest BCUT2D eigenvalue weighted by Gasteiger charge is -2.36. The molecule has 4 nitrogen and oxygen atoms in total. The van der Waals surface area contributed by atoms with Crippen LogP contribution in [0.4, 0.5) is 0 Å². The van der Waals surface area contributed by atoms with E-state index < -0.39 is 8.32 Å². The average Bonchev–Trinajstić information content (AvgIpc) is 3.06. The molecule has 20 heavy (non-hydrogen) atoms. The minimum absolute atomic E-state index is 0.235. The standard InChI is InChI=1S/C15H28O4Si/c1-15(2,3)20(5,6)18-11-10-13-12(19-13)8-7-9-14(16)17-4/h7,9,12-13H,8,10-11H2,1-6H3/b9-7-/t12-,13+/m0/s1. The Hall–Kier alpha value is -0.653. The van der Waals surface area contributed by atoms with E-state index in [1.807, 2.05) is 6.08 Å². The maximum Gasteiger partial charge on any atom is 0.330 e. The minimum Gasteiger partial charge on any atom is -0.466 e. The summed E-state index contributed by atoms with van der Waals surface area (Å²) in [6, 6.07) is 0. The van der Waals surface area contributed by atoms with Crippen molar-refractivity contribution < 1.29 is 18.7 Å². The molecule has 1 aliphatic heterocycles. The lowest BCUT2D eigenvalue weighted by Crippen LogP contribution is -2.41. The van der Waals surface area contributed by atoms with Gasteiger partial charge in [-0.15, -0.1) is 0 Å². The summed E-state index contributed by atoms with van der Waals surface area (Å²) in [7, 11) is -0.266. The van der Waals surface area contributed by atoms with Crippen LogP contribution >= 0.6 is 0 Å². The van der Waals surface area contributed by atoms with Crippen LogP contribution in [-0.2, 0) is 18.7 Å². The molecule has 0 saturated carbocycles. The molecule has 1 fully saturated rings. The first-order valence-electron chi connectivity index (χ1n) is 7.21. The van der Waals surface area contributed by atoms with Gasteiger partial charge in [-0.1, -0.05) is 26.8 Å². The van der Waals surface area contributed by atoms with Gasteiger partial charge in [-0.3, -0.25) is 0 Å². The summed E-state index contributed by atoms with van der Waals surface area (Å²) in [4.78, 5) is 10.9. The molecule has 0 aromatic rings. The average molecular weight is 300 g/mol. The van der Waals surface area contributed by atoms with E-state index in [0.717, 1.165) is 19.4 Å². The summed E-state index contributed by atoms with van der Waals surface area (Å²) in [6.45, 7) is 12.0. The number of esters is 1. The van der Waals surface area contributed by atoms with Crippen LogP contribution in [0.1, 0.15) is 33.6 Å². The highest BCUT2D eigenvalue weighted by molar-refractivity contribution is 6.74. The Morgan fingerprint density at radius 1 is 1.30 bits per heavy atom. The second-order valence-electron chi connectivity index (χ2n) is 6.77. The summed E-state index contributed by atoms with van der Waals surface area (Å²) >= 11 is 0. The molecule has 1 aliphatic rings. The molecule has 0 N–H and O–H groups in total. The maximum atomic E-state index is 10.9. The van der Waals surface area contributed by atoms with Gasteiger partial charge in [0, 0.05) is 12.7 Å². The third-order valence-corrected chi connectivity index (χ3v) is 8.72. The van der Waals surface area contributed by atoms with Crippen LogP contribution in [0.2, 0.25) is 18.1 Å². The first-order valence-corrected chi connectivity index (χ1v) is 10.1. The van der Waals surface area contributed by atoms with Crippen molar-refractivity contribution in [2.45, 2.75) is 64.0 Å². The van der Waals surface area contributed by atoms with E-state index in [-0.39, 0.29) is 23.2 Å². The molecular formula is C15H28O4Si. The number of rotatable bonds is 7. The quantitative estimate of drug-likeness (QED) is 0.313. The van der Waals surface area contributed by atoms with Crippen LogP contribution in [0.25, 0.3) is 0 Å². The topological polar surface area (TPSA) is 48.1 Å². The summed E-state index contributed by atoms with van der Waals surface area (Å²) in [5, 5.41) is 0.250. The van der Waals surface area contributed by atoms with Gasteiger partial charge in [-0.25, -0.2) is 4.79 Å². The van der Waals surface area contributed by atoms with E-state index in [9.17, 15) is 4.79 Å². The molecule has 0 spiro atoms. The Labute approximate surface area is 123 Å². The van der Waals surface area contributed by atoms with Crippen LogP contribution in [0.3, 0.4) is 0 Å². The number of carbonyl (C=O) groups excluding carboxylic acids is 1. The lowest BCUT2D eigenvalue weighted by molar-refractivity contribution is -0.134. The number of ether oxygens (including phenoxy) is 2. The predicted octanol–water partition coefficient (Wildman–Crippen LogP) is 3.29. The molecule has 0 radical (unpaired) electrons. The molecule has 2 atom stereocenters. The SMILES string of the molecule is COC(=O)/C=C\C[C@@H]1O[C@@H]1CCO[Si](C)(C)C(C)(C)C. The zero-order valence-corrected chi connectivity index (χ0v) is 14.6. The normalized spacial score (nSPS) is 23.1. The second kappa shape index (κ2) is 6.87. The first kappa shape index (κ1) is 17.4. The van der Waals surface area contributed by atoms with Gasteiger partial charge in [0.25, 0.3) is 0 Å². The van der Waals surface area contributed by atoms with Crippen molar-refractivity contribution in [1.82, 2.24) is 0 Å².